The number of Topliss-reactive ketones (excluding diaryl/α,β-unsaturated/α-hetero) is 1. The smallest absolute Gasteiger partial charge is 0.273 e. The zero-order chi connectivity index (χ0) is 18.0. The van der Waals surface area contributed by atoms with Crippen molar-refractivity contribution >= 4 is 5.78 Å². The predicted octanol–water partition coefficient (Wildman–Crippen LogP) is 2.71. The van der Waals surface area contributed by atoms with Gasteiger partial charge in [0.25, 0.3) is 5.79 Å². The van der Waals surface area contributed by atoms with Crippen molar-refractivity contribution in [3.05, 3.63) is 47.5 Å². The summed E-state index contributed by atoms with van der Waals surface area (Å²) in [6.07, 6.45) is -0.403. The summed E-state index contributed by atoms with van der Waals surface area (Å²) in [7, 11) is 1.25. The third-order valence-electron chi connectivity index (χ3n) is 3.87. The quantitative estimate of drug-likeness (QED) is 0.551. The second-order valence-corrected chi connectivity index (χ2v) is 5.21. The topological polar surface area (TPSA) is 124 Å². The molecule has 0 fully saturated rings. The van der Waals surface area contributed by atoms with E-state index in [9.17, 15) is 10.1 Å². The summed E-state index contributed by atoms with van der Waals surface area (Å²) in [4.78, 5) is 25.6. The molecule has 9 heteroatoms. The van der Waals surface area contributed by atoms with Crippen LogP contribution in [0.25, 0.3) is 0 Å². The number of carbonyl (C=O) groups is 1. The second-order valence-electron chi connectivity index (χ2n) is 5.21. The van der Waals surface area contributed by atoms with Crippen LogP contribution in [-0.2, 0) is 10.7 Å². The van der Waals surface area contributed by atoms with Crippen LogP contribution in [-0.4, -0.2) is 28.7 Å². The first kappa shape index (κ1) is 17.0. The molecule has 1 heterocycles. The molecule has 9 nitrogen and oxygen atoms in total. The molecule has 0 bridgehead atoms. The maximum atomic E-state index is 12.7. The van der Waals surface area contributed by atoms with E-state index < -0.39 is 18.0 Å². The van der Waals surface area contributed by atoms with Gasteiger partial charge in [-0.05, 0) is 0 Å². The van der Waals surface area contributed by atoms with Crippen molar-refractivity contribution in [2.75, 3.05) is 7.11 Å². The molecule has 1 unspecified atom stereocenters. The highest BCUT2D eigenvalue weighted by molar-refractivity contribution is 6.04. The van der Waals surface area contributed by atoms with E-state index in [0.29, 0.717) is 5.56 Å². The number of benzene rings is 2. The van der Waals surface area contributed by atoms with E-state index in [1.54, 1.807) is 30.3 Å². The van der Waals surface area contributed by atoms with Gasteiger partial charge in [0.15, 0.2) is 17.3 Å². The van der Waals surface area contributed by atoms with E-state index in [-0.39, 0.29) is 28.6 Å². The maximum absolute atomic E-state index is 12.7. The van der Waals surface area contributed by atoms with Crippen LogP contribution in [0.1, 0.15) is 22.3 Å². The highest BCUT2D eigenvalue weighted by Crippen LogP contribution is 2.51. The van der Waals surface area contributed by atoms with Crippen molar-refractivity contribution in [1.82, 2.24) is 0 Å². The van der Waals surface area contributed by atoms with E-state index in [0.717, 1.165) is 6.07 Å². The lowest BCUT2D eigenvalue weighted by Gasteiger charge is -2.35. The number of ketones is 1. The van der Waals surface area contributed by atoms with Crippen LogP contribution < -0.4 is 19.2 Å². The van der Waals surface area contributed by atoms with Gasteiger partial charge < -0.3 is 19.2 Å². The minimum atomic E-state index is -1.85. The number of methoxy groups -OCH3 is 1. The summed E-state index contributed by atoms with van der Waals surface area (Å²) in [6.45, 7) is 0. The van der Waals surface area contributed by atoms with Crippen molar-refractivity contribution in [3.63, 3.8) is 0 Å². The van der Waals surface area contributed by atoms with E-state index in [1.807, 2.05) is 0 Å². The van der Waals surface area contributed by atoms with Crippen LogP contribution in [0.4, 0.5) is 0 Å². The molecular formula is C16H14O9. The first-order valence-electron chi connectivity index (χ1n) is 7.08. The second kappa shape index (κ2) is 6.57. The van der Waals surface area contributed by atoms with Crippen molar-refractivity contribution in [2.24, 2.45) is 0 Å². The summed E-state index contributed by atoms with van der Waals surface area (Å²) < 4.78 is 10.9. The monoisotopic (exact) mass is 350 g/mol. The molecule has 25 heavy (non-hydrogen) atoms. The van der Waals surface area contributed by atoms with Crippen molar-refractivity contribution < 1.29 is 44.7 Å². The number of hydrogen-bond donors (Lipinski definition) is 3. The van der Waals surface area contributed by atoms with Crippen LogP contribution in [0.2, 0.25) is 0 Å². The lowest BCUT2D eigenvalue weighted by Crippen LogP contribution is -2.41. The van der Waals surface area contributed by atoms with Gasteiger partial charge in [-0.15, -0.1) is 0 Å². The summed E-state index contributed by atoms with van der Waals surface area (Å²) in [5.74, 6) is -3.38. The molecule has 0 radical (unpaired) electrons. The summed E-state index contributed by atoms with van der Waals surface area (Å²) in [5, 5.41) is 27.5. The summed E-state index contributed by atoms with van der Waals surface area (Å²) in [6, 6.07) is 9.32. The van der Waals surface area contributed by atoms with Crippen LogP contribution in [0, 0.1) is 0 Å². The largest absolute Gasteiger partial charge is 0.490 e. The van der Waals surface area contributed by atoms with Gasteiger partial charge >= 0.3 is 0 Å². The number of rotatable bonds is 5. The van der Waals surface area contributed by atoms with Crippen LogP contribution >= 0.6 is 0 Å². The fourth-order valence-electron chi connectivity index (χ4n) is 2.75. The number of hydrogen-bond acceptors (Lipinski definition) is 9. The third kappa shape index (κ3) is 2.65. The first-order chi connectivity index (χ1) is 12.1. The Morgan fingerprint density at radius 3 is 2.32 bits per heavy atom. The molecule has 1 atom stereocenters. The average Bonchev–Trinajstić information content (AvgIpc) is 2.66. The lowest BCUT2D eigenvalue weighted by atomic mass is 9.92. The van der Waals surface area contributed by atoms with E-state index in [1.165, 1.54) is 7.11 Å². The molecule has 3 rings (SSSR count). The van der Waals surface area contributed by atoms with Gasteiger partial charge in [0.1, 0.15) is 5.56 Å². The molecule has 2 aromatic rings. The molecule has 2 aromatic carbocycles. The van der Waals surface area contributed by atoms with Crippen LogP contribution in [0.3, 0.4) is 0 Å². The first-order valence-corrected chi connectivity index (χ1v) is 7.08. The number of carbonyl (C=O) groups excluding carboxylic acids is 1. The van der Waals surface area contributed by atoms with Crippen molar-refractivity contribution in [1.29, 1.82) is 0 Å². The fraction of sp³-hybridized carbons (Fsp3) is 0.188. The number of fused-ring (bicyclic) bond motifs is 1. The zero-order valence-corrected chi connectivity index (χ0v) is 13.0. The normalized spacial score (nSPS) is 19.0. The Balaban J connectivity index is 2.23. The van der Waals surface area contributed by atoms with Gasteiger partial charge in [0.2, 0.25) is 11.5 Å². The standard InChI is InChI=1S/C16H14O9/c1-21-14-12(24-19)7-11(23-18)13-10(17)8-16(25-20,22-15(13)14)9-5-3-2-4-6-9/h2-7,18-20H,8H2,1H3. The Labute approximate surface area is 141 Å². The molecule has 0 saturated heterocycles. The average molecular weight is 350 g/mol. The van der Waals surface area contributed by atoms with Crippen molar-refractivity contribution in [3.8, 4) is 23.0 Å². The Morgan fingerprint density at radius 1 is 1.08 bits per heavy atom. The van der Waals surface area contributed by atoms with Gasteiger partial charge in [-0.1, -0.05) is 30.3 Å². The van der Waals surface area contributed by atoms with Gasteiger partial charge in [-0.3, -0.25) is 4.79 Å². The Hall–Kier alpha value is -2.85. The Bertz CT molecular complexity index is 790. The van der Waals surface area contributed by atoms with Gasteiger partial charge in [0, 0.05) is 11.6 Å². The van der Waals surface area contributed by atoms with Gasteiger partial charge in [-0.25, -0.2) is 15.8 Å². The van der Waals surface area contributed by atoms with E-state index >= 15 is 0 Å². The molecule has 1 aliphatic heterocycles. The molecular weight excluding hydrogens is 336 g/mol. The third-order valence-corrected chi connectivity index (χ3v) is 3.87. The Morgan fingerprint density at radius 2 is 1.76 bits per heavy atom. The molecule has 0 aromatic heterocycles. The van der Waals surface area contributed by atoms with E-state index in [2.05, 4.69) is 14.7 Å². The Kier molecular flexibility index (Phi) is 4.47. The highest BCUT2D eigenvalue weighted by atomic mass is 17.1. The fourth-order valence-corrected chi connectivity index (χ4v) is 2.75. The van der Waals surface area contributed by atoms with Gasteiger partial charge in [0.05, 0.1) is 13.5 Å². The molecule has 3 N–H and O–H groups in total. The highest BCUT2D eigenvalue weighted by Gasteiger charge is 2.47. The molecule has 0 spiro atoms. The number of ether oxygens (including phenoxy) is 2. The van der Waals surface area contributed by atoms with Crippen LogP contribution in [0.5, 0.6) is 23.0 Å². The minimum Gasteiger partial charge on any atom is -0.490 e. The molecule has 0 saturated carbocycles. The minimum absolute atomic E-state index is 0.149. The molecule has 0 aliphatic carbocycles. The maximum Gasteiger partial charge on any atom is 0.273 e. The summed E-state index contributed by atoms with van der Waals surface area (Å²) >= 11 is 0. The SMILES string of the molecule is COc1c(OO)cc(OO)c2c1OC(OO)(c1ccccc1)CC2=O. The van der Waals surface area contributed by atoms with Crippen LogP contribution in [0.15, 0.2) is 36.4 Å². The molecule has 0 amide bonds. The lowest BCUT2D eigenvalue weighted by molar-refractivity contribution is -0.389. The van der Waals surface area contributed by atoms with Crippen molar-refractivity contribution in [2.45, 2.75) is 12.2 Å². The predicted molar refractivity (Wildman–Crippen MR) is 80.9 cm³/mol. The molecule has 1 aliphatic rings. The van der Waals surface area contributed by atoms with Gasteiger partial charge in [-0.2, -0.15) is 4.89 Å². The zero-order valence-electron chi connectivity index (χ0n) is 13.0. The summed E-state index contributed by atoms with van der Waals surface area (Å²) in [5.41, 5.74) is 0.212. The van der Waals surface area contributed by atoms with E-state index in [4.69, 9.17) is 20.0 Å². The molecule has 132 valence electrons.